The average Bonchev–Trinajstić information content (AvgIpc) is 3.58. The van der Waals surface area contributed by atoms with Gasteiger partial charge in [-0.25, -0.2) is 18.7 Å². The monoisotopic (exact) mass is 404 g/mol. The van der Waals surface area contributed by atoms with Crippen molar-refractivity contribution >= 4 is 12.2 Å². The lowest BCUT2D eigenvalue weighted by Gasteiger charge is -2.29. The molecule has 29 heavy (non-hydrogen) atoms. The lowest BCUT2D eigenvalue weighted by molar-refractivity contribution is -0.119. The van der Waals surface area contributed by atoms with E-state index < -0.39 is 11.6 Å². The van der Waals surface area contributed by atoms with Crippen molar-refractivity contribution in [2.24, 2.45) is 5.92 Å². The summed E-state index contributed by atoms with van der Waals surface area (Å²) in [6.07, 6.45) is 8.07. The first-order valence-corrected chi connectivity index (χ1v) is 9.84. The second kappa shape index (κ2) is 10.1. The van der Waals surface area contributed by atoms with Crippen LogP contribution in [0.15, 0.2) is 30.6 Å². The normalized spacial score (nSPS) is 16.6. The van der Waals surface area contributed by atoms with Crippen LogP contribution in [0.25, 0.3) is 0 Å². The number of ether oxygens (including phenoxy) is 1. The SMILES string of the molecule is COc1nccnc1NCC1CCN(C=O)CC1.Fc1cccc(F)c1C1CC1. The van der Waals surface area contributed by atoms with Crippen molar-refractivity contribution in [3.63, 3.8) is 0 Å². The number of aromatic nitrogens is 2. The first-order valence-electron chi connectivity index (χ1n) is 9.84. The highest BCUT2D eigenvalue weighted by Gasteiger charge is 2.29. The highest BCUT2D eigenvalue weighted by atomic mass is 19.1. The van der Waals surface area contributed by atoms with Crippen LogP contribution in [0.1, 0.15) is 37.2 Å². The Morgan fingerprint density at radius 2 is 1.79 bits per heavy atom. The number of carbonyl (C=O) groups excluding carboxylic acids is 1. The zero-order valence-corrected chi connectivity index (χ0v) is 16.5. The molecule has 6 nitrogen and oxygen atoms in total. The van der Waals surface area contributed by atoms with E-state index in [1.807, 2.05) is 4.90 Å². The summed E-state index contributed by atoms with van der Waals surface area (Å²) in [7, 11) is 1.58. The Bertz CT molecular complexity index is 789. The third-order valence-electron chi connectivity index (χ3n) is 5.20. The molecule has 156 valence electrons. The second-order valence-electron chi connectivity index (χ2n) is 7.29. The summed E-state index contributed by atoms with van der Waals surface area (Å²) >= 11 is 0. The predicted octanol–water partition coefficient (Wildman–Crippen LogP) is 3.61. The number of halogens is 2. The molecule has 8 heteroatoms. The van der Waals surface area contributed by atoms with E-state index in [1.165, 1.54) is 18.2 Å². The molecule has 1 aliphatic heterocycles. The fraction of sp³-hybridized carbons (Fsp3) is 0.476. The quantitative estimate of drug-likeness (QED) is 0.745. The Morgan fingerprint density at radius 1 is 1.14 bits per heavy atom. The number of hydrogen-bond acceptors (Lipinski definition) is 5. The minimum atomic E-state index is -0.396. The summed E-state index contributed by atoms with van der Waals surface area (Å²) in [4.78, 5) is 20.7. The highest BCUT2D eigenvalue weighted by molar-refractivity contribution is 5.47. The number of piperidine rings is 1. The molecule has 0 unspecified atom stereocenters. The van der Waals surface area contributed by atoms with Crippen LogP contribution in [0, 0.1) is 17.6 Å². The third kappa shape index (κ3) is 5.85. The van der Waals surface area contributed by atoms with Crippen molar-refractivity contribution in [2.75, 3.05) is 32.1 Å². The van der Waals surface area contributed by atoms with Crippen molar-refractivity contribution in [1.82, 2.24) is 14.9 Å². The van der Waals surface area contributed by atoms with E-state index in [0.29, 0.717) is 17.6 Å². The molecule has 0 bridgehead atoms. The fourth-order valence-corrected chi connectivity index (χ4v) is 3.37. The minimum absolute atomic E-state index is 0.149. The molecule has 2 aliphatic rings. The molecule has 1 saturated carbocycles. The van der Waals surface area contributed by atoms with Gasteiger partial charge in [0.25, 0.3) is 5.88 Å². The van der Waals surface area contributed by atoms with E-state index in [0.717, 1.165) is 51.7 Å². The molecule has 0 atom stereocenters. The number of rotatable bonds is 6. The zero-order valence-electron chi connectivity index (χ0n) is 16.5. The number of nitrogens with zero attached hydrogens (tertiary/aromatic N) is 3. The molecular weight excluding hydrogens is 378 g/mol. The van der Waals surface area contributed by atoms with Crippen molar-refractivity contribution in [3.05, 3.63) is 47.8 Å². The van der Waals surface area contributed by atoms with Crippen LogP contribution in [0.2, 0.25) is 0 Å². The Morgan fingerprint density at radius 3 is 2.38 bits per heavy atom. The lowest BCUT2D eigenvalue weighted by Crippen LogP contribution is -2.34. The molecule has 0 spiro atoms. The van der Waals surface area contributed by atoms with Gasteiger partial charge in [0.1, 0.15) is 11.6 Å². The van der Waals surface area contributed by atoms with Crippen molar-refractivity contribution in [2.45, 2.75) is 31.6 Å². The van der Waals surface area contributed by atoms with Crippen LogP contribution in [0.4, 0.5) is 14.6 Å². The number of anilines is 1. The van der Waals surface area contributed by atoms with Crippen LogP contribution in [0.3, 0.4) is 0 Å². The van der Waals surface area contributed by atoms with E-state index in [2.05, 4.69) is 15.3 Å². The van der Waals surface area contributed by atoms with Crippen LogP contribution in [-0.2, 0) is 4.79 Å². The minimum Gasteiger partial charge on any atom is -0.478 e. The van der Waals surface area contributed by atoms with Crippen LogP contribution in [0.5, 0.6) is 5.88 Å². The van der Waals surface area contributed by atoms with E-state index in [9.17, 15) is 13.6 Å². The van der Waals surface area contributed by atoms with Crippen LogP contribution < -0.4 is 10.1 Å². The lowest BCUT2D eigenvalue weighted by atomic mass is 9.97. The molecule has 1 aliphatic carbocycles. The van der Waals surface area contributed by atoms with Gasteiger partial charge in [0.15, 0.2) is 5.82 Å². The number of amides is 1. The molecule has 2 fully saturated rings. The van der Waals surface area contributed by atoms with Gasteiger partial charge < -0.3 is 15.0 Å². The van der Waals surface area contributed by atoms with Gasteiger partial charge in [-0.3, -0.25) is 4.79 Å². The summed E-state index contributed by atoms with van der Waals surface area (Å²) in [6.45, 7) is 2.52. The van der Waals surface area contributed by atoms with E-state index in [1.54, 1.807) is 19.5 Å². The Balaban J connectivity index is 0.000000186. The average molecular weight is 404 g/mol. The van der Waals surface area contributed by atoms with Gasteiger partial charge in [-0.05, 0) is 49.7 Å². The molecule has 1 aromatic carbocycles. The van der Waals surface area contributed by atoms with E-state index in [-0.39, 0.29) is 11.5 Å². The Hall–Kier alpha value is -2.77. The van der Waals surface area contributed by atoms with Gasteiger partial charge in [0.05, 0.1) is 7.11 Å². The smallest absolute Gasteiger partial charge is 0.257 e. The summed E-state index contributed by atoms with van der Waals surface area (Å²) in [6, 6.07) is 4.03. The van der Waals surface area contributed by atoms with Gasteiger partial charge in [0, 0.05) is 37.6 Å². The predicted molar refractivity (Wildman–Crippen MR) is 106 cm³/mol. The summed E-state index contributed by atoms with van der Waals surface area (Å²) in [5.41, 5.74) is 0.285. The number of benzene rings is 1. The molecule has 1 aromatic heterocycles. The zero-order chi connectivity index (χ0) is 20.6. The first-order chi connectivity index (χ1) is 14.1. The molecule has 1 amide bonds. The van der Waals surface area contributed by atoms with Gasteiger partial charge in [-0.1, -0.05) is 6.07 Å². The topological polar surface area (TPSA) is 67.4 Å². The Labute approximate surface area is 169 Å². The number of likely N-dealkylation sites (tertiary alicyclic amines) is 1. The number of methoxy groups -OCH3 is 1. The molecule has 1 N–H and O–H groups in total. The number of carbonyl (C=O) groups is 1. The number of nitrogens with one attached hydrogen (secondary N) is 1. The molecule has 2 aromatic rings. The van der Waals surface area contributed by atoms with E-state index >= 15 is 0 Å². The first kappa shape index (κ1) is 21.0. The van der Waals surface area contributed by atoms with Gasteiger partial charge >= 0.3 is 0 Å². The summed E-state index contributed by atoms with van der Waals surface area (Å²) < 4.78 is 30.9. The second-order valence-corrected chi connectivity index (χ2v) is 7.29. The molecule has 0 radical (unpaired) electrons. The van der Waals surface area contributed by atoms with Crippen molar-refractivity contribution < 1.29 is 18.3 Å². The molecule has 4 rings (SSSR count). The molecular formula is C21H26F2N4O2. The highest BCUT2D eigenvalue weighted by Crippen LogP contribution is 2.42. The van der Waals surface area contributed by atoms with Gasteiger partial charge in [-0.2, -0.15) is 0 Å². The van der Waals surface area contributed by atoms with Crippen molar-refractivity contribution in [3.8, 4) is 5.88 Å². The maximum atomic E-state index is 12.9. The van der Waals surface area contributed by atoms with Crippen molar-refractivity contribution in [1.29, 1.82) is 0 Å². The molecule has 2 heterocycles. The van der Waals surface area contributed by atoms with Gasteiger partial charge in [0.2, 0.25) is 6.41 Å². The summed E-state index contributed by atoms with van der Waals surface area (Å²) in [5.74, 6) is 1.12. The largest absolute Gasteiger partial charge is 0.478 e. The van der Waals surface area contributed by atoms with E-state index in [4.69, 9.17) is 4.74 Å². The molecule has 1 saturated heterocycles. The Kier molecular flexibility index (Phi) is 7.32. The van der Waals surface area contributed by atoms with Gasteiger partial charge in [-0.15, -0.1) is 0 Å². The third-order valence-corrected chi connectivity index (χ3v) is 5.20. The number of hydrogen-bond donors (Lipinski definition) is 1. The summed E-state index contributed by atoms with van der Waals surface area (Å²) in [5, 5.41) is 3.26. The maximum absolute atomic E-state index is 12.9. The van der Waals surface area contributed by atoms with Crippen LogP contribution in [-0.4, -0.2) is 48.0 Å². The standard InChI is InChI=1S/C12H18N4O2.C9H8F2/c1-18-12-11(13-4-5-14-12)15-8-10-2-6-16(9-17)7-3-10;10-7-2-1-3-8(11)9(7)6-4-5-6/h4-5,9-10H,2-3,6-8H2,1H3,(H,13,15);1-3,6H,4-5H2. The maximum Gasteiger partial charge on any atom is 0.257 e. The van der Waals surface area contributed by atoms with Crippen LogP contribution >= 0.6 is 0 Å². The fourth-order valence-electron chi connectivity index (χ4n) is 3.37.